The molecular formula is C20H23NO3S. The van der Waals surface area contributed by atoms with Gasteiger partial charge in [0, 0.05) is 10.9 Å². The highest BCUT2D eigenvalue weighted by Gasteiger charge is 2.17. The first-order valence-corrected chi connectivity index (χ1v) is 9.16. The summed E-state index contributed by atoms with van der Waals surface area (Å²) in [7, 11) is 0. The zero-order valence-corrected chi connectivity index (χ0v) is 15.6. The van der Waals surface area contributed by atoms with Crippen molar-refractivity contribution >= 4 is 34.9 Å². The number of benzene rings is 1. The third-order valence-corrected chi connectivity index (χ3v) is 4.62. The predicted octanol–water partition coefficient (Wildman–Crippen LogP) is 4.06. The number of esters is 1. The molecule has 0 aliphatic carbocycles. The van der Waals surface area contributed by atoms with Gasteiger partial charge in [0.15, 0.2) is 6.61 Å². The highest BCUT2D eigenvalue weighted by atomic mass is 32.1. The summed E-state index contributed by atoms with van der Waals surface area (Å²) in [5.74, 6) is -0.785. The van der Waals surface area contributed by atoms with Gasteiger partial charge in [-0.3, -0.25) is 4.79 Å². The van der Waals surface area contributed by atoms with Crippen LogP contribution in [0.2, 0.25) is 0 Å². The molecule has 1 N–H and O–H groups in total. The van der Waals surface area contributed by atoms with Crippen molar-refractivity contribution in [1.29, 1.82) is 0 Å². The summed E-state index contributed by atoms with van der Waals surface area (Å²) >= 11 is 1.46. The summed E-state index contributed by atoms with van der Waals surface area (Å²) in [5.41, 5.74) is 2.49. The van der Waals surface area contributed by atoms with Crippen LogP contribution in [0.5, 0.6) is 0 Å². The Kier molecular flexibility index (Phi) is 6.95. The fraction of sp³-hybridized carbons (Fsp3) is 0.300. The molecule has 2 aromatic rings. The second kappa shape index (κ2) is 9.18. The normalized spacial score (nSPS) is 12.5. The monoisotopic (exact) mass is 357 g/mol. The lowest BCUT2D eigenvalue weighted by molar-refractivity contribution is -0.143. The molecule has 0 saturated heterocycles. The molecule has 132 valence electrons. The topological polar surface area (TPSA) is 55.4 Å². The molecule has 1 aromatic heterocycles. The average Bonchev–Trinajstić information content (AvgIpc) is 3.11. The lowest BCUT2D eigenvalue weighted by atomic mass is 10.1. The van der Waals surface area contributed by atoms with Crippen LogP contribution in [0.15, 0.2) is 41.8 Å². The van der Waals surface area contributed by atoms with Crippen LogP contribution >= 0.6 is 11.3 Å². The third kappa shape index (κ3) is 5.87. The van der Waals surface area contributed by atoms with Crippen molar-refractivity contribution in [2.24, 2.45) is 0 Å². The molecule has 0 fully saturated rings. The van der Waals surface area contributed by atoms with Crippen LogP contribution in [-0.2, 0) is 14.3 Å². The van der Waals surface area contributed by atoms with E-state index in [1.165, 1.54) is 11.3 Å². The number of ether oxygens (including phenoxy) is 1. The largest absolute Gasteiger partial charge is 0.452 e. The summed E-state index contributed by atoms with van der Waals surface area (Å²) in [4.78, 5) is 25.2. The fourth-order valence-electron chi connectivity index (χ4n) is 2.22. The molecule has 0 aliphatic rings. The standard InChI is InChI=1S/C20H23NO3S/c1-4-15(3)21-19(22)13-24-20(23)17(18-9-6-10-25-18)12-16-8-5-7-14(2)11-16/h5-12,15H,4,13H2,1-3H3,(H,21,22)/b17-12+/t15-/m1/s1. The van der Waals surface area contributed by atoms with E-state index in [0.717, 1.165) is 22.4 Å². The molecule has 0 aliphatic heterocycles. The number of carbonyl (C=O) groups is 2. The number of amides is 1. The molecular weight excluding hydrogens is 334 g/mol. The Hall–Kier alpha value is -2.40. The summed E-state index contributed by atoms with van der Waals surface area (Å²) in [6, 6.07) is 11.7. The van der Waals surface area contributed by atoms with Crippen LogP contribution in [0.4, 0.5) is 0 Å². The summed E-state index contributed by atoms with van der Waals surface area (Å²) in [5, 5.41) is 4.69. The van der Waals surface area contributed by atoms with Crippen LogP contribution in [0.3, 0.4) is 0 Å². The Bertz CT molecular complexity index is 750. The molecule has 25 heavy (non-hydrogen) atoms. The highest BCUT2D eigenvalue weighted by Crippen LogP contribution is 2.24. The lowest BCUT2D eigenvalue weighted by Crippen LogP contribution is -2.35. The van der Waals surface area contributed by atoms with Crippen molar-refractivity contribution in [3.63, 3.8) is 0 Å². The number of hydrogen-bond donors (Lipinski definition) is 1. The number of carbonyl (C=O) groups excluding carboxylic acids is 2. The minimum absolute atomic E-state index is 0.0609. The number of thiophene rings is 1. The Morgan fingerprint density at radius 3 is 2.72 bits per heavy atom. The van der Waals surface area contributed by atoms with E-state index >= 15 is 0 Å². The number of nitrogens with one attached hydrogen (secondary N) is 1. The van der Waals surface area contributed by atoms with Gasteiger partial charge in [-0.05, 0) is 43.4 Å². The van der Waals surface area contributed by atoms with Gasteiger partial charge in [-0.2, -0.15) is 0 Å². The SMILES string of the molecule is CC[C@@H](C)NC(=O)COC(=O)/C(=C/c1cccc(C)c1)c1cccs1. The summed E-state index contributed by atoms with van der Waals surface area (Å²) in [6.07, 6.45) is 2.63. The summed E-state index contributed by atoms with van der Waals surface area (Å²) in [6.45, 7) is 5.62. The molecule has 1 heterocycles. The highest BCUT2D eigenvalue weighted by molar-refractivity contribution is 7.11. The smallest absolute Gasteiger partial charge is 0.340 e. The first-order valence-electron chi connectivity index (χ1n) is 8.28. The molecule has 0 unspecified atom stereocenters. The first-order chi connectivity index (χ1) is 12.0. The molecule has 5 heteroatoms. The van der Waals surface area contributed by atoms with Gasteiger partial charge < -0.3 is 10.1 Å². The van der Waals surface area contributed by atoms with Crippen LogP contribution in [0.1, 0.15) is 36.3 Å². The van der Waals surface area contributed by atoms with E-state index in [4.69, 9.17) is 4.74 Å². The molecule has 1 amide bonds. The van der Waals surface area contributed by atoms with Crippen LogP contribution < -0.4 is 5.32 Å². The van der Waals surface area contributed by atoms with Gasteiger partial charge in [-0.25, -0.2) is 4.79 Å². The predicted molar refractivity (Wildman–Crippen MR) is 102 cm³/mol. The van der Waals surface area contributed by atoms with Gasteiger partial charge in [0.1, 0.15) is 0 Å². The Labute approximate surface area is 152 Å². The van der Waals surface area contributed by atoms with E-state index in [1.807, 2.05) is 62.5 Å². The number of aryl methyl sites for hydroxylation is 1. The number of rotatable bonds is 7. The average molecular weight is 357 g/mol. The quantitative estimate of drug-likeness (QED) is 0.601. The Balaban J connectivity index is 2.14. The van der Waals surface area contributed by atoms with Gasteiger partial charge in [0.05, 0.1) is 5.57 Å². The van der Waals surface area contributed by atoms with Crippen LogP contribution in [0.25, 0.3) is 11.6 Å². The van der Waals surface area contributed by atoms with E-state index in [9.17, 15) is 9.59 Å². The van der Waals surface area contributed by atoms with Crippen LogP contribution in [-0.4, -0.2) is 24.5 Å². The maximum atomic E-state index is 12.5. The minimum atomic E-state index is -0.497. The molecule has 2 rings (SSSR count). The van der Waals surface area contributed by atoms with Crippen molar-refractivity contribution < 1.29 is 14.3 Å². The molecule has 1 aromatic carbocycles. The molecule has 0 spiro atoms. The number of hydrogen-bond acceptors (Lipinski definition) is 4. The Morgan fingerprint density at radius 2 is 2.08 bits per heavy atom. The van der Waals surface area contributed by atoms with Crippen molar-refractivity contribution in [3.05, 3.63) is 57.8 Å². The van der Waals surface area contributed by atoms with E-state index in [-0.39, 0.29) is 18.6 Å². The molecule has 0 radical (unpaired) electrons. The third-order valence-electron chi connectivity index (χ3n) is 3.71. The maximum absolute atomic E-state index is 12.5. The second-order valence-electron chi connectivity index (χ2n) is 5.90. The second-order valence-corrected chi connectivity index (χ2v) is 6.85. The van der Waals surface area contributed by atoms with Crippen molar-refractivity contribution in [3.8, 4) is 0 Å². The van der Waals surface area contributed by atoms with Gasteiger partial charge in [0.25, 0.3) is 5.91 Å². The van der Waals surface area contributed by atoms with Gasteiger partial charge in [0.2, 0.25) is 0 Å². The van der Waals surface area contributed by atoms with E-state index in [2.05, 4.69) is 5.32 Å². The molecule has 1 atom stereocenters. The molecule has 4 nitrogen and oxygen atoms in total. The van der Waals surface area contributed by atoms with Crippen molar-refractivity contribution in [2.75, 3.05) is 6.61 Å². The maximum Gasteiger partial charge on any atom is 0.340 e. The zero-order valence-electron chi connectivity index (χ0n) is 14.7. The van der Waals surface area contributed by atoms with Gasteiger partial charge >= 0.3 is 5.97 Å². The molecule has 0 saturated carbocycles. The fourth-order valence-corrected chi connectivity index (χ4v) is 2.95. The van der Waals surface area contributed by atoms with Crippen molar-refractivity contribution in [2.45, 2.75) is 33.2 Å². The summed E-state index contributed by atoms with van der Waals surface area (Å²) < 4.78 is 5.23. The van der Waals surface area contributed by atoms with E-state index in [0.29, 0.717) is 5.57 Å². The van der Waals surface area contributed by atoms with Gasteiger partial charge in [-0.1, -0.05) is 42.8 Å². The van der Waals surface area contributed by atoms with E-state index in [1.54, 1.807) is 6.08 Å². The van der Waals surface area contributed by atoms with Crippen LogP contribution in [0, 0.1) is 6.92 Å². The zero-order chi connectivity index (χ0) is 18.2. The Morgan fingerprint density at radius 1 is 1.28 bits per heavy atom. The first kappa shape index (κ1) is 18.9. The van der Waals surface area contributed by atoms with Gasteiger partial charge in [-0.15, -0.1) is 11.3 Å². The molecule has 0 bridgehead atoms. The van der Waals surface area contributed by atoms with E-state index < -0.39 is 5.97 Å². The van der Waals surface area contributed by atoms with Crippen molar-refractivity contribution in [1.82, 2.24) is 5.32 Å². The minimum Gasteiger partial charge on any atom is -0.452 e. The lowest BCUT2D eigenvalue weighted by Gasteiger charge is -2.12.